The molecule has 20 heavy (non-hydrogen) atoms. The predicted octanol–water partition coefficient (Wildman–Crippen LogP) is 2.36. The summed E-state index contributed by atoms with van der Waals surface area (Å²) in [6.07, 6.45) is 2.18. The minimum absolute atomic E-state index is 0.137. The van der Waals surface area contributed by atoms with Gasteiger partial charge in [0.25, 0.3) is 5.69 Å². The van der Waals surface area contributed by atoms with Gasteiger partial charge in [-0.25, -0.2) is 0 Å². The molecule has 0 aromatic heterocycles. The number of hydrogen-bond donors (Lipinski definition) is 1. The van der Waals surface area contributed by atoms with Crippen molar-refractivity contribution in [3.8, 4) is 0 Å². The summed E-state index contributed by atoms with van der Waals surface area (Å²) in [5.41, 5.74) is 6.58. The van der Waals surface area contributed by atoms with Crippen LogP contribution in [0.25, 0.3) is 0 Å². The van der Waals surface area contributed by atoms with Gasteiger partial charge in [-0.2, -0.15) is 0 Å². The summed E-state index contributed by atoms with van der Waals surface area (Å²) in [4.78, 5) is 14.7. The van der Waals surface area contributed by atoms with E-state index in [9.17, 15) is 10.1 Å². The average Bonchev–Trinajstić information content (AvgIpc) is 2.78. The van der Waals surface area contributed by atoms with Crippen LogP contribution in [0.5, 0.6) is 0 Å². The average molecular weight is 299 g/mol. The zero-order valence-electron chi connectivity index (χ0n) is 11.7. The highest BCUT2D eigenvalue weighted by Crippen LogP contribution is 2.37. The summed E-state index contributed by atoms with van der Waals surface area (Å²) in [6.45, 7) is 1.82. The molecule has 1 unspecified atom stereocenters. The molecule has 1 aliphatic heterocycles. The van der Waals surface area contributed by atoms with Crippen LogP contribution in [-0.4, -0.2) is 43.0 Å². The number of rotatable bonds is 4. The van der Waals surface area contributed by atoms with Gasteiger partial charge in [-0.3, -0.25) is 10.1 Å². The lowest BCUT2D eigenvalue weighted by Gasteiger charge is -2.29. The number of nitrogens with two attached hydrogens (primary N) is 1. The van der Waals surface area contributed by atoms with Crippen molar-refractivity contribution in [2.24, 2.45) is 0 Å². The molecule has 1 aromatic rings. The molecule has 1 heterocycles. The van der Waals surface area contributed by atoms with E-state index in [0.29, 0.717) is 11.1 Å². The van der Waals surface area contributed by atoms with Crippen molar-refractivity contribution < 1.29 is 4.92 Å². The van der Waals surface area contributed by atoms with E-state index in [1.807, 2.05) is 14.1 Å². The molecule has 0 amide bonds. The molecule has 0 saturated carbocycles. The highest BCUT2D eigenvalue weighted by atomic mass is 35.5. The second-order valence-corrected chi connectivity index (χ2v) is 5.78. The van der Waals surface area contributed by atoms with Crippen LogP contribution in [0.15, 0.2) is 12.1 Å². The van der Waals surface area contributed by atoms with Crippen molar-refractivity contribution in [3.63, 3.8) is 0 Å². The third-order valence-electron chi connectivity index (χ3n) is 3.56. The van der Waals surface area contributed by atoms with Gasteiger partial charge < -0.3 is 15.5 Å². The fourth-order valence-electron chi connectivity index (χ4n) is 2.71. The minimum atomic E-state index is -0.508. The summed E-state index contributed by atoms with van der Waals surface area (Å²) >= 11 is 6.21. The van der Waals surface area contributed by atoms with E-state index in [4.69, 9.17) is 17.3 Å². The zero-order valence-corrected chi connectivity index (χ0v) is 12.4. The van der Waals surface area contributed by atoms with Crippen LogP contribution in [0.4, 0.5) is 17.1 Å². The van der Waals surface area contributed by atoms with Crippen molar-refractivity contribution in [1.82, 2.24) is 4.90 Å². The van der Waals surface area contributed by atoms with Gasteiger partial charge in [0.2, 0.25) is 0 Å². The van der Waals surface area contributed by atoms with E-state index in [-0.39, 0.29) is 11.4 Å². The second kappa shape index (κ2) is 5.85. The first kappa shape index (κ1) is 14.9. The van der Waals surface area contributed by atoms with Crippen molar-refractivity contribution in [3.05, 3.63) is 27.3 Å². The lowest BCUT2D eigenvalue weighted by atomic mass is 10.2. The monoisotopic (exact) mass is 298 g/mol. The number of hydrogen-bond acceptors (Lipinski definition) is 5. The van der Waals surface area contributed by atoms with E-state index < -0.39 is 4.92 Å². The van der Waals surface area contributed by atoms with Gasteiger partial charge in [0.05, 0.1) is 15.6 Å². The Morgan fingerprint density at radius 2 is 2.25 bits per heavy atom. The lowest BCUT2D eigenvalue weighted by Crippen LogP contribution is -2.37. The van der Waals surface area contributed by atoms with Crippen LogP contribution in [0.2, 0.25) is 5.02 Å². The minimum Gasteiger partial charge on any atom is -0.393 e. The van der Waals surface area contributed by atoms with E-state index in [1.54, 1.807) is 6.07 Å². The Morgan fingerprint density at radius 1 is 1.55 bits per heavy atom. The molecule has 2 rings (SSSR count). The molecule has 7 heteroatoms. The Kier molecular flexibility index (Phi) is 4.35. The summed E-state index contributed by atoms with van der Waals surface area (Å²) in [6, 6.07) is 3.33. The summed E-state index contributed by atoms with van der Waals surface area (Å²) in [5, 5.41) is 11.2. The normalized spacial score (nSPS) is 18.8. The first-order chi connectivity index (χ1) is 9.40. The van der Waals surface area contributed by atoms with Gasteiger partial charge in [-0.15, -0.1) is 0 Å². The first-order valence-electron chi connectivity index (χ1n) is 6.55. The van der Waals surface area contributed by atoms with Crippen LogP contribution in [0.1, 0.15) is 12.8 Å². The molecule has 0 radical (unpaired) electrons. The molecular formula is C13H19ClN4O2. The number of benzene rings is 1. The first-order valence-corrected chi connectivity index (χ1v) is 6.92. The number of nitrogen functional groups attached to an aromatic ring is 1. The van der Waals surface area contributed by atoms with Gasteiger partial charge in [0, 0.05) is 25.2 Å². The maximum Gasteiger partial charge on any atom is 0.293 e. The molecule has 1 saturated heterocycles. The fraction of sp³-hybridized carbons (Fsp3) is 0.538. The van der Waals surface area contributed by atoms with Crippen LogP contribution in [0.3, 0.4) is 0 Å². The summed E-state index contributed by atoms with van der Waals surface area (Å²) < 4.78 is 0. The van der Waals surface area contributed by atoms with Crippen LogP contribution < -0.4 is 10.6 Å². The molecule has 1 atom stereocenters. The Balaban J connectivity index is 2.32. The SMILES string of the molecule is CN(C)CC1CCCN1c1cc(N)c([N+](=O)[O-])cc1Cl. The third-order valence-corrected chi connectivity index (χ3v) is 3.86. The number of nitro groups is 1. The summed E-state index contributed by atoms with van der Waals surface area (Å²) in [7, 11) is 4.06. The number of nitrogens with zero attached hydrogens (tertiary/aromatic N) is 3. The maximum absolute atomic E-state index is 10.9. The van der Waals surface area contributed by atoms with Crippen molar-refractivity contribution in [2.45, 2.75) is 18.9 Å². The molecule has 0 bridgehead atoms. The van der Waals surface area contributed by atoms with Gasteiger partial charge in [0.1, 0.15) is 5.69 Å². The van der Waals surface area contributed by atoms with Gasteiger partial charge >= 0.3 is 0 Å². The number of anilines is 2. The molecular weight excluding hydrogens is 280 g/mol. The summed E-state index contributed by atoms with van der Waals surface area (Å²) in [5.74, 6) is 0. The molecule has 2 N–H and O–H groups in total. The van der Waals surface area contributed by atoms with Crippen LogP contribution in [-0.2, 0) is 0 Å². The van der Waals surface area contributed by atoms with Crippen molar-refractivity contribution in [1.29, 1.82) is 0 Å². The zero-order chi connectivity index (χ0) is 14.9. The predicted molar refractivity (Wildman–Crippen MR) is 81.4 cm³/mol. The van der Waals surface area contributed by atoms with E-state index in [0.717, 1.165) is 31.6 Å². The molecule has 1 fully saturated rings. The number of nitro benzene ring substituents is 1. The fourth-order valence-corrected chi connectivity index (χ4v) is 2.98. The van der Waals surface area contributed by atoms with Gasteiger partial charge in [-0.05, 0) is 33.0 Å². The largest absolute Gasteiger partial charge is 0.393 e. The molecule has 1 aliphatic rings. The third kappa shape index (κ3) is 2.96. The van der Waals surface area contributed by atoms with E-state index in [2.05, 4.69) is 9.80 Å². The van der Waals surface area contributed by atoms with Crippen molar-refractivity contribution >= 4 is 28.7 Å². The number of halogens is 1. The highest BCUT2D eigenvalue weighted by Gasteiger charge is 2.28. The molecule has 110 valence electrons. The highest BCUT2D eigenvalue weighted by molar-refractivity contribution is 6.33. The van der Waals surface area contributed by atoms with Gasteiger partial charge in [-0.1, -0.05) is 11.6 Å². The Labute approximate surface area is 123 Å². The van der Waals surface area contributed by atoms with Crippen LogP contribution in [0, 0.1) is 10.1 Å². The topological polar surface area (TPSA) is 75.6 Å². The Morgan fingerprint density at radius 3 is 2.85 bits per heavy atom. The van der Waals surface area contributed by atoms with Gasteiger partial charge in [0.15, 0.2) is 0 Å². The second-order valence-electron chi connectivity index (χ2n) is 5.37. The standard InChI is InChI=1S/C13H19ClN4O2/c1-16(2)8-9-4-3-5-17(9)12-7-11(15)13(18(19)20)6-10(12)14/h6-7,9H,3-5,8,15H2,1-2H3. The van der Waals surface area contributed by atoms with E-state index in [1.165, 1.54) is 6.07 Å². The Hall–Kier alpha value is -1.53. The van der Waals surface area contributed by atoms with Crippen LogP contribution >= 0.6 is 11.6 Å². The Bertz CT molecular complexity index is 521. The quantitative estimate of drug-likeness (QED) is 0.524. The number of likely N-dealkylation sites (N-methyl/N-ethyl adjacent to an activating group) is 1. The molecule has 6 nitrogen and oxygen atoms in total. The molecule has 1 aromatic carbocycles. The molecule has 0 aliphatic carbocycles. The smallest absolute Gasteiger partial charge is 0.293 e. The van der Waals surface area contributed by atoms with Crippen molar-refractivity contribution in [2.75, 3.05) is 37.8 Å². The van der Waals surface area contributed by atoms with E-state index >= 15 is 0 Å². The lowest BCUT2D eigenvalue weighted by molar-refractivity contribution is -0.383. The molecule has 0 spiro atoms. The maximum atomic E-state index is 10.9.